The third-order valence-electron chi connectivity index (χ3n) is 7.02. The van der Waals surface area contributed by atoms with E-state index in [1.807, 2.05) is 42.5 Å². The monoisotopic (exact) mass is 667 g/mol. The fourth-order valence-electron chi connectivity index (χ4n) is 4.62. The Balaban J connectivity index is 1.37. The number of rotatable bonds is 5. The number of nitrogens with zero attached hydrogens (tertiary/aromatic N) is 2. The van der Waals surface area contributed by atoms with Crippen molar-refractivity contribution in [2.75, 3.05) is 111 Å². The van der Waals surface area contributed by atoms with Gasteiger partial charge in [-0.2, -0.15) is 5.11 Å². The molecule has 0 atom stereocenters. The van der Waals surface area contributed by atoms with Crippen molar-refractivity contribution in [3.63, 3.8) is 0 Å². The lowest BCUT2D eigenvalue weighted by molar-refractivity contribution is 0.00708. The minimum atomic E-state index is 0.324. The summed E-state index contributed by atoms with van der Waals surface area (Å²) in [6, 6.07) is 19.2. The van der Waals surface area contributed by atoms with Crippen LogP contribution in [0.3, 0.4) is 0 Å². The molecule has 5 rings (SSSR count). The van der Waals surface area contributed by atoms with Gasteiger partial charge in [-0.1, -0.05) is 30.3 Å². The summed E-state index contributed by atoms with van der Waals surface area (Å²) in [6.45, 7) is 7.51. The molecule has 0 fully saturated rings. The van der Waals surface area contributed by atoms with Gasteiger partial charge in [-0.3, -0.25) is 0 Å². The van der Waals surface area contributed by atoms with Gasteiger partial charge < -0.3 is 52.7 Å². The predicted molar refractivity (Wildman–Crippen MR) is 178 cm³/mol. The van der Waals surface area contributed by atoms with E-state index in [4.69, 9.17) is 47.4 Å². The first-order valence-corrected chi connectivity index (χ1v) is 16.3. The highest BCUT2D eigenvalue weighted by Gasteiger charge is 2.15. The maximum atomic E-state index is 6.12. The van der Waals surface area contributed by atoms with Crippen LogP contribution in [-0.2, 0) is 35.0 Å². The Bertz CT molecular complexity index is 1380. The average Bonchev–Trinajstić information content (AvgIpc) is 3.13. The molecule has 2 aliphatic rings. The van der Waals surface area contributed by atoms with Crippen molar-refractivity contribution in [2.24, 2.45) is 10.2 Å². The van der Waals surface area contributed by atoms with Gasteiger partial charge in [0.05, 0.1) is 90.7 Å². The quantitative estimate of drug-likeness (QED) is 0.353. The van der Waals surface area contributed by atoms with Gasteiger partial charge in [0.2, 0.25) is 0 Å². The minimum absolute atomic E-state index is 0.324. The van der Waals surface area contributed by atoms with Crippen LogP contribution in [-0.4, -0.2) is 106 Å². The highest BCUT2D eigenvalue weighted by Crippen LogP contribution is 2.40. The Morgan fingerprint density at radius 3 is 1.44 bits per heavy atom. The molecule has 260 valence electrons. The second-order valence-electron chi connectivity index (χ2n) is 10.6. The van der Waals surface area contributed by atoms with E-state index >= 15 is 0 Å². The maximum Gasteiger partial charge on any atom is 0.163 e. The van der Waals surface area contributed by atoms with Crippen molar-refractivity contribution in [1.29, 1.82) is 0 Å². The Morgan fingerprint density at radius 2 is 0.896 bits per heavy atom. The normalized spacial score (nSPS) is 18.1. The average molecular weight is 668 g/mol. The molecule has 1 N–H and O–H groups in total. The molecule has 0 spiro atoms. The molecule has 0 bridgehead atoms. The molecule has 0 aromatic heterocycles. The van der Waals surface area contributed by atoms with Crippen LogP contribution in [0.1, 0.15) is 5.56 Å². The third kappa shape index (κ3) is 12.6. The van der Waals surface area contributed by atoms with Gasteiger partial charge in [-0.15, -0.1) is 5.11 Å². The lowest BCUT2D eigenvalue weighted by atomic mass is 10.2. The van der Waals surface area contributed by atoms with Crippen molar-refractivity contribution in [2.45, 2.75) is 6.54 Å². The largest absolute Gasteiger partial charge is 0.487 e. The number of fused-ring (bicyclic) bond motifs is 2. The van der Waals surface area contributed by atoms with Gasteiger partial charge in [0.1, 0.15) is 32.1 Å². The summed E-state index contributed by atoms with van der Waals surface area (Å²) in [6.07, 6.45) is 0. The first-order valence-electron chi connectivity index (χ1n) is 16.3. The van der Waals surface area contributed by atoms with Crippen molar-refractivity contribution in [3.8, 4) is 23.0 Å². The minimum Gasteiger partial charge on any atom is -0.487 e. The fraction of sp³-hybridized carbons (Fsp3) is 0.486. The SMILES string of the molecule is c1ccc(CNc2cc3c(cc2N=Nc2ccc4c(c2)OCCOCCOCCOCCO4)OCCOCCOCCOCCO3)cc1. The Hall–Kier alpha value is -3.98. The number of azo groups is 1. The lowest BCUT2D eigenvalue weighted by Gasteiger charge is -2.17. The second kappa shape index (κ2) is 21.1. The van der Waals surface area contributed by atoms with E-state index < -0.39 is 0 Å². The Kier molecular flexibility index (Phi) is 15.5. The van der Waals surface area contributed by atoms with E-state index in [9.17, 15) is 0 Å². The highest BCUT2D eigenvalue weighted by molar-refractivity contribution is 5.71. The number of hydrogen-bond acceptors (Lipinski definition) is 13. The lowest BCUT2D eigenvalue weighted by Crippen LogP contribution is -2.13. The molecule has 3 aromatic rings. The van der Waals surface area contributed by atoms with Crippen molar-refractivity contribution >= 4 is 17.1 Å². The number of anilines is 1. The van der Waals surface area contributed by atoms with E-state index in [0.717, 1.165) is 11.3 Å². The first-order chi connectivity index (χ1) is 23.8. The zero-order valence-corrected chi connectivity index (χ0v) is 27.3. The molecule has 3 aromatic carbocycles. The van der Waals surface area contributed by atoms with Crippen LogP contribution >= 0.6 is 0 Å². The van der Waals surface area contributed by atoms with E-state index in [2.05, 4.69) is 27.7 Å². The second-order valence-corrected chi connectivity index (χ2v) is 10.6. The number of benzene rings is 3. The fourth-order valence-corrected chi connectivity index (χ4v) is 4.62. The number of hydrogen-bond donors (Lipinski definition) is 1. The smallest absolute Gasteiger partial charge is 0.163 e. The van der Waals surface area contributed by atoms with Gasteiger partial charge in [0, 0.05) is 24.7 Å². The standard InChI is InChI=1S/C35H45N3O10/c1-2-4-28(5-3-1)27-36-30-25-34-35(48-23-19-44-15-11-40-10-14-43-18-22-47-34)26-31(30)38-37-29-6-7-32-33(24-29)46-21-17-42-13-9-39-8-12-41-16-20-45-32/h1-7,24-26,36H,8-23,27H2. The predicted octanol–water partition coefficient (Wildman–Crippen LogP) is 5.36. The third-order valence-corrected chi connectivity index (χ3v) is 7.02. The van der Waals surface area contributed by atoms with Crippen LogP contribution in [0.15, 0.2) is 70.9 Å². The molecular weight excluding hydrogens is 622 g/mol. The van der Waals surface area contributed by atoms with Crippen molar-refractivity contribution in [1.82, 2.24) is 0 Å². The zero-order chi connectivity index (χ0) is 32.9. The summed E-state index contributed by atoms with van der Waals surface area (Å²) in [5.74, 6) is 2.20. The van der Waals surface area contributed by atoms with Crippen molar-refractivity contribution < 1.29 is 47.4 Å². The molecule has 0 radical (unpaired) electrons. The van der Waals surface area contributed by atoms with E-state index in [-0.39, 0.29) is 0 Å². The summed E-state index contributed by atoms with van der Waals surface area (Å²) in [5.41, 5.74) is 2.99. The van der Waals surface area contributed by atoms with Crippen LogP contribution < -0.4 is 24.3 Å². The number of ether oxygens (including phenoxy) is 10. The van der Waals surface area contributed by atoms with Gasteiger partial charge in [-0.25, -0.2) is 0 Å². The van der Waals surface area contributed by atoms with Crippen LogP contribution in [0.2, 0.25) is 0 Å². The summed E-state index contributed by atoms with van der Waals surface area (Å²) in [7, 11) is 0. The van der Waals surface area contributed by atoms with E-state index in [1.165, 1.54) is 0 Å². The van der Waals surface area contributed by atoms with Gasteiger partial charge in [0.25, 0.3) is 0 Å². The van der Waals surface area contributed by atoms with Gasteiger partial charge >= 0.3 is 0 Å². The highest BCUT2D eigenvalue weighted by atomic mass is 16.6. The summed E-state index contributed by atoms with van der Waals surface area (Å²) in [4.78, 5) is 0. The topological polar surface area (TPSA) is 129 Å². The van der Waals surface area contributed by atoms with Gasteiger partial charge in [0.15, 0.2) is 23.0 Å². The summed E-state index contributed by atoms with van der Waals surface area (Å²) < 4.78 is 57.7. The van der Waals surface area contributed by atoms with E-state index in [1.54, 1.807) is 6.07 Å². The molecule has 48 heavy (non-hydrogen) atoms. The first kappa shape index (κ1) is 35.3. The molecule has 2 aliphatic heterocycles. The molecular formula is C35H45N3O10. The maximum absolute atomic E-state index is 6.12. The zero-order valence-electron chi connectivity index (χ0n) is 27.3. The molecule has 0 saturated carbocycles. The van der Waals surface area contributed by atoms with Crippen molar-refractivity contribution in [3.05, 3.63) is 66.2 Å². The molecule has 13 heteroatoms. The Morgan fingerprint density at radius 1 is 0.438 bits per heavy atom. The van der Waals surface area contributed by atoms with E-state index in [0.29, 0.717) is 147 Å². The van der Waals surface area contributed by atoms with Crippen LogP contribution in [0.5, 0.6) is 23.0 Å². The molecule has 0 amide bonds. The van der Waals surface area contributed by atoms with Crippen LogP contribution in [0.25, 0.3) is 0 Å². The molecule has 2 heterocycles. The van der Waals surface area contributed by atoms with Crippen LogP contribution in [0.4, 0.5) is 17.1 Å². The summed E-state index contributed by atoms with van der Waals surface area (Å²) >= 11 is 0. The molecule has 0 aliphatic carbocycles. The molecule has 0 saturated heterocycles. The van der Waals surface area contributed by atoms with Gasteiger partial charge in [-0.05, 0) is 17.7 Å². The van der Waals surface area contributed by atoms with Crippen LogP contribution in [0, 0.1) is 0 Å². The number of nitrogens with one attached hydrogen (secondary N) is 1. The molecule has 13 nitrogen and oxygen atoms in total. The molecule has 0 unspecified atom stereocenters. The Labute approximate surface area is 281 Å². The summed E-state index contributed by atoms with van der Waals surface area (Å²) in [5, 5.41) is 12.7.